The summed E-state index contributed by atoms with van der Waals surface area (Å²) >= 11 is 3.71. The first-order valence-corrected chi connectivity index (χ1v) is 11.1. The van der Waals surface area contributed by atoms with Gasteiger partial charge in [-0.15, -0.1) is 0 Å². The maximum atomic E-state index is 12.4. The van der Waals surface area contributed by atoms with Crippen LogP contribution < -0.4 is 4.74 Å². The first kappa shape index (κ1) is 21.9. The molecule has 29 heavy (non-hydrogen) atoms. The Morgan fingerprint density at radius 1 is 1.24 bits per heavy atom. The number of carbonyl (C=O) groups excluding carboxylic acids is 1. The van der Waals surface area contributed by atoms with Gasteiger partial charge in [0.05, 0.1) is 0 Å². The number of hydrogen-bond donors (Lipinski definition) is 0. The van der Waals surface area contributed by atoms with Crippen molar-refractivity contribution >= 4 is 21.7 Å². The number of ether oxygens (including phenoxy) is 1. The van der Waals surface area contributed by atoms with Gasteiger partial charge < -0.3 is 4.74 Å². The highest BCUT2D eigenvalue weighted by atomic mass is 79.9. The average molecular weight is 460 g/mol. The van der Waals surface area contributed by atoms with Gasteiger partial charge in [0.15, 0.2) is 0 Å². The van der Waals surface area contributed by atoms with E-state index < -0.39 is 0 Å². The Morgan fingerprint density at radius 2 is 1.97 bits per heavy atom. The largest absolute Gasteiger partial charge is 0.471 e. The van der Waals surface area contributed by atoms with Gasteiger partial charge in [-0.25, -0.2) is 4.98 Å². The highest BCUT2D eigenvalue weighted by Crippen LogP contribution is 2.39. The maximum Gasteiger partial charge on any atom is 0.237 e. The van der Waals surface area contributed by atoms with Crippen LogP contribution in [0, 0.1) is 5.92 Å². The van der Waals surface area contributed by atoms with Crippen LogP contribution >= 0.6 is 15.9 Å². The molecule has 0 saturated carbocycles. The fraction of sp³-hybridized carbons (Fsp3) is 0.522. The molecule has 3 rings (SSSR count). The lowest BCUT2D eigenvalue weighted by atomic mass is 9.84. The molecular weight excluding hydrogens is 430 g/mol. The molecule has 1 aliphatic heterocycles. The normalized spacial score (nSPS) is 20.4. The summed E-state index contributed by atoms with van der Waals surface area (Å²) < 4.78 is 7.13. The predicted molar refractivity (Wildman–Crippen MR) is 118 cm³/mol. The number of ketones is 1. The third-order valence-electron chi connectivity index (χ3n) is 5.27. The Balaban J connectivity index is 1.89. The van der Waals surface area contributed by atoms with Crippen molar-refractivity contribution in [2.45, 2.75) is 65.1 Å². The zero-order valence-corrected chi connectivity index (χ0v) is 19.3. The van der Waals surface area contributed by atoms with Crippen LogP contribution in [-0.2, 0) is 11.3 Å². The molecule has 2 atom stereocenters. The molecule has 2 aromatic rings. The number of benzene rings is 1. The van der Waals surface area contributed by atoms with Gasteiger partial charge in [0.1, 0.15) is 17.1 Å². The van der Waals surface area contributed by atoms with Gasteiger partial charge in [0.2, 0.25) is 5.88 Å². The summed E-state index contributed by atoms with van der Waals surface area (Å²) in [5.41, 5.74) is 1.70. The lowest BCUT2D eigenvalue weighted by molar-refractivity contribution is -0.124. The Labute approximate surface area is 182 Å². The summed E-state index contributed by atoms with van der Waals surface area (Å²) in [7, 11) is 0. The van der Waals surface area contributed by atoms with Gasteiger partial charge in [-0.1, -0.05) is 41.1 Å². The molecular formula is C23H30BrN3O2. The smallest absolute Gasteiger partial charge is 0.237 e. The summed E-state index contributed by atoms with van der Waals surface area (Å²) in [5.74, 6) is 1.05. The fourth-order valence-electron chi connectivity index (χ4n) is 3.88. The topological polar surface area (TPSA) is 55.3 Å². The van der Waals surface area contributed by atoms with Crippen molar-refractivity contribution in [3.63, 3.8) is 0 Å². The van der Waals surface area contributed by atoms with Crippen molar-refractivity contribution in [1.29, 1.82) is 0 Å². The van der Waals surface area contributed by atoms with Crippen LogP contribution in [0.1, 0.15) is 64.3 Å². The number of hydrogen-bond acceptors (Lipinski definition) is 5. The van der Waals surface area contributed by atoms with Crippen LogP contribution in [0.15, 0.2) is 41.1 Å². The first-order chi connectivity index (χ1) is 13.8. The van der Waals surface area contributed by atoms with E-state index in [1.165, 1.54) is 5.56 Å². The quantitative estimate of drug-likeness (QED) is 0.582. The number of nitrogens with zero attached hydrogens (tertiary/aromatic N) is 3. The van der Waals surface area contributed by atoms with E-state index in [4.69, 9.17) is 4.74 Å². The standard InChI is InChI=1S/C23H30BrN3O2/c1-5-21(28)16-10-13-27(20(14-16)17-8-6-7-9-18(17)24)15-19-22(26-12-11-25-19)29-23(2,3)4/h6-9,11-12,16,20H,5,10,13-15H2,1-4H3. The van der Waals surface area contributed by atoms with Crippen molar-refractivity contribution in [1.82, 2.24) is 14.9 Å². The fourth-order valence-corrected chi connectivity index (χ4v) is 4.43. The molecule has 6 heteroatoms. The molecule has 0 spiro atoms. The molecule has 5 nitrogen and oxygen atoms in total. The predicted octanol–water partition coefficient (Wildman–Crippen LogP) is 5.35. The summed E-state index contributed by atoms with van der Waals surface area (Å²) in [6, 6.07) is 8.43. The minimum absolute atomic E-state index is 0.112. The molecule has 0 aliphatic carbocycles. The van der Waals surface area contributed by atoms with Gasteiger partial charge in [0, 0.05) is 41.8 Å². The molecule has 0 bridgehead atoms. The number of piperidine rings is 1. The number of halogens is 1. The first-order valence-electron chi connectivity index (χ1n) is 10.3. The number of likely N-dealkylation sites (tertiary alicyclic amines) is 1. The molecule has 1 aliphatic rings. The van der Waals surface area contributed by atoms with E-state index in [-0.39, 0.29) is 17.6 Å². The van der Waals surface area contributed by atoms with Gasteiger partial charge in [0.25, 0.3) is 0 Å². The van der Waals surface area contributed by atoms with Crippen LogP contribution in [0.3, 0.4) is 0 Å². The number of rotatable bonds is 6. The number of Topliss-reactive ketones (excluding diaryl/α,β-unsaturated/α-hetero) is 1. The lowest BCUT2D eigenvalue weighted by Gasteiger charge is -2.39. The van der Waals surface area contributed by atoms with Crippen molar-refractivity contribution in [2.24, 2.45) is 5.92 Å². The van der Waals surface area contributed by atoms with Crippen molar-refractivity contribution in [2.75, 3.05) is 6.54 Å². The van der Waals surface area contributed by atoms with Crippen LogP contribution in [-0.4, -0.2) is 32.8 Å². The summed E-state index contributed by atoms with van der Waals surface area (Å²) in [5, 5.41) is 0. The van der Waals surface area contributed by atoms with E-state index in [2.05, 4.69) is 49.0 Å². The molecule has 1 fully saturated rings. The Morgan fingerprint density at radius 3 is 2.66 bits per heavy atom. The van der Waals surface area contributed by atoms with E-state index in [0.717, 1.165) is 29.6 Å². The van der Waals surface area contributed by atoms with E-state index in [9.17, 15) is 4.79 Å². The Hall–Kier alpha value is -1.79. The number of aromatic nitrogens is 2. The molecule has 1 aromatic heterocycles. The van der Waals surface area contributed by atoms with E-state index >= 15 is 0 Å². The van der Waals surface area contributed by atoms with Crippen LogP contribution in [0.5, 0.6) is 5.88 Å². The molecule has 1 aromatic carbocycles. The van der Waals surface area contributed by atoms with E-state index in [1.54, 1.807) is 12.4 Å². The van der Waals surface area contributed by atoms with Crippen molar-refractivity contribution in [3.05, 3.63) is 52.4 Å². The Bertz CT molecular complexity index is 850. The second-order valence-electron chi connectivity index (χ2n) is 8.57. The minimum Gasteiger partial charge on any atom is -0.471 e. The summed E-state index contributed by atoms with van der Waals surface area (Å²) in [6.07, 6.45) is 5.68. The highest BCUT2D eigenvalue weighted by molar-refractivity contribution is 9.10. The van der Waals surface area contributed by atoms with Gasteiger partial charge in [-0.3, -0.25) is 14.7 Å². The average Bonchev–Trinajstić information content (AvgIpc) is 2.68. The van der Waals surface area contributed by atoms with E-state index in [1.807, 2.05) is 33.8 Å². The highest BCUT2D eigenvalue weighted by Gasteiger charge is 2.34. The van der Waals surface area contributed by atoms with E-state index in [0.29, 0.717) is 24.6 Å². The van der Waals surface area contributed by atoms with Crippen molar-refractivity contribution in [3.8, 4) is 5.88 Å². The van der Waals surface area contributed by atoms with Crippen LogP contribution in [0.2, 0.25) is 0 Å². The zero-order valence-electron chi connectivity index (χ0n) is 17.7. The molecule has 0 radical (unpaired) electrons. The van der Waals surface area contributed by atoms with Crippen molar-refractivity contribution < 1.29 is 9.53 Å². The molecule has 2 heterocycles. The second kappa shape index (κ2) is 9.35. The second-order valence-corrected chi connectivity index (χ2v) is 9.43. The molecule has 0 N–H and O–H groups in total. The monoisotopic (exact) mass is 459 g/mol. The van der Waals surface area contributed by atoms with Gasteiger partial charge in [-0.05, 0) is 51.8 Å². The SMILES string of the molecule is CCC(=O)C1CCN(Cc2nccnc2OC(C)(C)C)C(c2ccccc2Br)C1. The minimum atomic E-state index is -0.340. The molecule has 1 saturated heterocycles. The molecule has 156 valence electrons. The zero-order chi connectivity index (χ0) is 21.0. The molecule has 2 unspecified atom stereocenters. The number of carbonyl (C=O) groups is 1. The molecule has 0 amide bonds. The summed E-state index contributed by atoms with van der Waals surface area (Å²) in [4.78, 5) is 23.8. The third-order valence-corrected chi connectivity index (χ3v) is 5.99. The van der Waals surface area contributed by atoms with Gasteiger partial charge in [-0.2, -0.15) is 0 Å². The Kier molecular flexibility index (Phi) is 7.06. The van der Waals surface area contributed by atoms with Gasteiger partial charge >= 0.3 is 0 Å². The summed E-state index contributed by atoms with van der Waals surface area (Å²) in [6.45, 7) is 9.47. The van der Waals surface area contributed by atoms with Crippen LogP contribution in [0.4, 0.5) is 0 Å². The maximum absolute atomic E-state index is 12.4. The van der Waals surface area contributed by atoms with Crippen LogP contribution in [0.25, 0.3) is 0 Å². The third kappa shape index (κ3) is 5.64. The lowest BCUT2D eigenvalue weighted by Crippen LogP contribution is -2.39.